The smallest absolute Gasteiger partial charge is 0.195 e. The van der Waals surface area contributed by atoms with E-state index in [1.54, 1.807) is 56.7 Å². The minimum Gasteiger partial charge on any atom is -0.493 e. The monoisotopic (exact) mass is 547 g/mol. The Balaban J connectivity index is 1.56. The van der Waals surface area contributed by atoms with Crippen LogP contribution in [0.15, 0.2) is 90.3 Å². The number of carbonyl (C=O) groups is 3. The van der Waals surface area contributed by atoms with E-state index < -0.39 is 23.4 Å². The molecule has 6 nitrogen and oxygen atoms in total. The Morgan fingerprint density at radius 1 is 0.850 bits per heavy atom. The zero-order valence-electron chi connectivity index (χ0n) is 21.9. The van der Waals surface area contributed by atoms with Gasteiger partial charge < -0.3 is 14.4 Å². The van der Waals surface area contributed by atoms with E-state index in [9.17, 15) is 14.4 Å². The number of benzene rings is 3. The van der Waals surface area contributed by atoms with E-state index in [0.29, 0.717) is 33.1 Å². The molecule has 0 bridgehead atoms. The normalized spacial score (nSPS) is 21.8. The average Bonchev–Trinajstić information content (AvgIpc) is 3.70. The molecule has 1 saturated heterocycles. The predicted octanol–water partition coefficient (Wildman–Crippen LogP) is 6.08. The van der Waals surface area contributed by atoms with Crippen molar-refractivity contribution >= 4 is 40.4 Å². The Kier molecular flexibility index (Phi) is 5.54. The molecule has 0 radical (unpaired) electrons. The number of ether oxygens (including phenoxy) is 2. The summed E-state index contributed by atoms with van der Waals surface area (Å²) in [6.45, 7) is 0. The van der Waals surface area contributed by atoms with Gasteiger partial charge in [0.1, 0.15) is 11.5 Å². The van der Waals surface area contributed by atoms with Crippen LogP contribution >= 0.6 is 11.3 Å². The number of hydrogen-bond acceptors (Lipinski definition) is 7. The number of fused-ring (bicyclic) bond motifs is 5. The van der Waals surface area contributed by atoms with E-state index in [4.69, 9.17) is 9.47 Å². The quantitative estimate of drug-likeness (QED) is 0.223. The van der Waals surface area contributed by atoms with E-state index in [-0.39, 0.29) is 17.3 Å². The zero-order chi connectivity index (χ0) is 27.6. The number of carbonyl (C=O) groups excluding carboxylic acids is 3. The van der Waals surface area contributed by atoms with Gasteiger partial charge >= 0.3 is 0 Å². The third-order valence-corrected chi connectivity index (χ3v) is 9.40. The summed E-state index contributed by atoms with van der Waals surface area (Å²) in [5, 5.41) is 1.87. The second kappa shape index (κ2) is 9.03. The van der Waals surface area contributed by atoms with Crippen molar-refractivity contribution in [3.63, 3.8) is 0 Å². The first-order chi connectivity index (χ1) is 19.5. The molecule has 7 heteroatoms. The lowest BCUT2D eigenvalue weighted by molar-refractivity contribution is 0.0666. The Morgan fingerprint density at radius 3 is 2.23 bits per heavy atom. The Bertz CT molecular complexity index is 1690. The van der Waals surface area contributed by atoms with Gasteiger partial charge in [-0.3, -0.25) is 14.4 Å². The molecule has 0 saturated carbocycles. The van der Waals surface area contributed by atoms with Crippen LogP contribution in [-0.2, 0) is 0 Å². The Morgan fingerprint density at radius 2 is 1.55 bits per heavy atom. The molecular formula is C33H25NO5S. The highest BCUT2D eigenvalue weighted by Gasteiger charge is 2.71. The second-order valence-electron chi connectivity index (χ2n) is 10.2. The Hall–Kier alpha value is -4.49. The van der Waals surface area contributed by atoms with Gasteiger partial charge in [0.15, 0.2) is 28.8 Å². The van der Waals surface area contributed by atoms with Crippen LogP contribution in [0.2, 0.25) is 0 Å². The van der Waals surface area contributed by atoms with Crippen LogP contribution in [0.1, 0.15) is 47.4 Å². The third-order valence-electron chi connectivity index (χ3n) is 8.51. The van der Waals surface area contributed by atoms with Crippen molar-refractivity contribution < 1.29 is 23.9 Å². The van der Waals surface area contributed by atoms with Gasteiger partial charge in [-0.25, -0.2) is 0 Å². The number of para-hydroxylation sites is 1. The van der Waals surface area contributed by atoms with Crippen LogP contribution in [0, 0.1) is 5.41 Å². The summed E-state index contributed by atoms with van der Waals surface area (Å²) < 4.78 is 11.1. The predicted molar refractivity (Wildman–Crippen MR) is 154 cm³/mol. The highest BCUT2D eigenvalue weighted by Crippen LogP contribution is 2.61. The number of methoxy groups -OCH3 is 2. The lowest BCUT2D eigenvalue weighted by atomic mass is 9.64. The molecule has 1 aliphatic carbocycles. The molecule has 4 aromatic rings. The number of nitrogens with zero attached hydrogens (tertiary/aromatic N) is 1. The number of ketones is 3. The lowest BCUT2D eigenvalue weighted by Gasteiger charge is -2.37. The number of thiophene rings is 1. The van der Waals surface area contributed by atoms with Gasteiger partial charge in [0.25, 0.3) is 0 Å². The van der Waals surface area contributed by atoms with E-state index >= 15 is 0 Å². The van der Waals surface area contributed by atoms with Gasteiger partial charge in [-0.05, 0) is 40.8 Å². The highest BCUT2D eigenvalue weighted by molar-refractivity contribution is 7.12. The molecule has 40 heavy (non-hydrogen) atoms. The molecule has 3 heterocycles. The van der Waals surface area contributed by atoms with Crippen LogP contribution in [-0.4, -0.2) is 43.7 Å². The van der Waals surface area contributed by atoms with E-state index in [2.05, 4.69) is 0 Å². The molecular weight excluding hydrogens is 522 g/mol. The fourth-order valence-electron chi connectivity index (χ4n) is 6.90. The van der Waals surface area contributed by atoms with E-state index in [1.165, 1.54) is 11.3 Å². The third kappa shape index (κ3) is 3.12. The molecule has 7 rings (SSSR count). The van der Waals surface area contributed by atoms with Crippen molar-refractivity contribution in [3.8, 4) is 11.5 Å². The van der Waals surface area contributed by atoms with Gasteiger partial charge in [0.05, 0.1) is 25.1 Å². The Labute approximate surface area is 235 Å². The summed E-state index contributed by atoms with van der Waals surface area (Å²) >= 11 is 1.36. The highest BCUT2D eigenvalue weighted by atomic mass is 32.1. The van der Waals surface area contributed by atoms with Crippen LogP contribution < -0.4 is 14.4 Å². The maximum absolute atomic E-state index is 14.7. The standard InChI is InChI=1S/C33H25NO5S/c1-38-24-15-13-20(18-25(24)39-2)28-29(30(35)26-12-7-17-40-26)34-23-11-6-3-8-19(23)14-16-27(34)33(28)31(36)21-9-4-5-10-22(21)32(33)37/h3-18,27-29H,1-2H3/t27-,28+,29-/m1/s1. The molecule has 198 valence electrons. The van der Waals surface area contributed by atoms with Crippen molar-refractivity contribution in [2.75, 3.05) is 19.1 Å². The van der Waals surface area contributed by atoms with Crippen LogP contribution in [0.3, 0.4) is 0 Å². The van der Waals surface area contributed by atoms with Crippen molar-refractivity contribution in [1.82, 2.24) is 0 Å². The first kappa shape index (κ1) is 24.5. The summed E-state index contributed by atoms with van der Waals surface area (Å²) in [5.74, 6) is -0.446. The first-order valence-electron chi connectivity index (χ1n) is 13.1. The maximum Gasteiger partial charge on any atom is 0.195 e. The number of rotatable bonds is 5. The first-order valence-corrected chi connectivity index (χ1v) is 13.9. The minimum atomic E-state index is -1.55. The fourth-order valence-corrected chi connectivity index (χ4v) is 7.60. The van der Waals surface area contributed by atoms with Crippen LogP contribution in [0.25, 0.3) is 6.08 Å². The summed E-state index contributed by atoms with van der Waals surface area (Å²) in [6.07, 6.45) is 3.89. The molecule has 0 amide bonds. The van der Waals surface area contributed by atoms with E-state index in [1.807, 2.05) is 58.8 Å². The van der Waals surface area contributed by atoms with Crippen LogP contribution in [0.4, 0.5) is 5.69 Å². The van der Waals surface area contributed by atoms with Crippen LogP contribution in [0.5, 0.6) is 11.5 Å². The summed E-state index contributed by atoms with van der Waals surface area (Å²) in [6, 6.07) is 22.4. The fraction of sp³-hybridized carbons (Fsp3) is 0.182. The van der Waals surface area contributed by atoms with Crippen molar-refractivity contribution in [2.24, 2.45) is 5.41 Å². The molecule has 3 aromatic carbocycles. The van der Waals surface area contributed by atoms with Gasteiger partial charge in [-0.2, -0.15) is 0 Å². The molecule has 1 aromatic heterocycles. The van der Waals surface area contributed by atoms with Crippen molar-refractivity contribution in [2.45, 2.75) is 18.0 Å². The number of hydrogen-bond donors (Lipinski definition) is 0. The summed E-state index contributed by atoms with van der Waals surface area (Å²) in [4.78, 5) is 46.5. The molecule has 3 aliphatic rings. The van der Waals surface area contributed by atoms with Crippen molar-refractivity contribution in [1.29, 1.82) is 0 Å². The summed E-state index contributed by atoms with van der Waals surface area (Å²) in [7, 11) is 3.10. The van der Waals surface area contributed by atoms with Gasteiger partial charge in [-0.15, -0.1) is 11.3 Å². The molecule has 1 spiro atoms. The number of Topliss-reactive ketones (excluding diaryl/α,β-unsaturated/α-hetero) is 3. The largest absolute Gasteiger partial charge is 0.493 e. The van der Waals surface area contributed by atoms with Gasteiger partial charge in [0, 0.05) is 22.7 Å². The van der Waals surface area contributed by atoms with Gasteiger partial charge in [0.2, 0.25) is 0 Å². The average molecular weight is 548 g/mol. The molecule has 1 fully saturated rings. The number of anilines is 1. The maximum atomic E-state index is 14.7. The minimum absolute atomic E-state index is 0.127. The second-order valence-corrected chi connectivity index (χ2v) is 11.2. The molecule has 0 unspecified atom stereocenters. The molecule has 3 atom stereocenters. The SMILES string of the molecule is COc1ccc([C@H]2[C@H](C(=O)c3cccs3)N3c4ccccc4C=C[C@@H]3C23C(=O)c2ccccc2C3=O)cc1OC. The van der Waals surface area contributed by atoms with Gasteiger partial charge in [-0.1, -0.05) is 66.7 Å². The molecule has 2 aliphatic heterocycles. The van der Waals surface area contributed by atoms with E-state index in [0.717, 1.165) is 11.3 Å². The van der Waals surface area contributed by atoms with Crippen molar-refractivity contribution in [3.05, 3.63) is 117 Å². The topological polar surface area (TPSA) is 72.9 Å². The summed E-state index contributed by atoms with van der Waals surface area (Å²) in [5.41, 5.74) is 1.67. The lowest BCUT2D eigenvalue weighted by Crippen LogP contribution is -2.48. The zero-order valence-corrected chi connectivity index (χ0v) is 22.7. The molecule has 0 N–H and O–H groups in total.